The number of thiazole rings is 1. The summed E-state index contributed by atoms with van der Waals surface area (Å²) in [7, 11) is 3.47. The highest BCUT2D eigenvalue weighted by atomic mass is 32.1. The van der Waals surface area contributed by atoms with Gasteiger partial charge in [0, 0.05) is 25.7 Å². The van der Waals surface area contributed by atoms with Crippen LogP contribution in [-0.2, 0) is 16.6 Å². The average molecular weight is 255 g/mol. The minimum Gasteiger partial charge on any atom is -0.368 e. The Bertz CT molecular complexity index is 457. The van der Waals surface area contributed by atoms with Crippen molar-refractivity contribution < 1.29 is 9.53 Å². The summed E-state index contributed by atoms with van der Waals surface area (Å²) in [5, 5.41) is 5.13. The van der Waals surface area contributed by atoms with Crippen LogP contribution in [0.5, 0.6) is 0 Å². The molecule has 0 aliphatic carbocycles. The van der Waals surface area contributed by atoms with Gasteiger partial charge in [-0.05, 0) is 25.9 Å². The molecule has 0 atom stereocenters. The Balaban J connectivity index is 2.27. The Morgan fingerprint density at radius 2 is 2.29 bits per heavy atom. The van der Waals surface area contributed by atoms with E-state index >= 15 is 0 Å². The Morgan fingerprint density at radius 3 is 2.82 bits per heavy atom. The van der Waals surface area contributed by atoms with E-state index in [9.17, 15) is 4.79 Å². The summed E-state index contributed by atoms with van der Waals surface area (Å²) >= 11 is 1.46. The highest BCUT2D eigenvalue weighted by molar-refractivity contribution is 7.07. The first kappa shape index (κ1) is 12.5. The maximum Gasteiger partial charge on any atom is 0.280 e. The fourth-order valence-electron chi connectivity index (χ4n) is 1.96. The van der Waals surface area contributed by atoms with Gasteiger partial charge in [-0.1, -0.05) is 0 Å². The first-order valence-electron chi connectivity index (χ1n) is 5.63. The topological polar surface area (TPSA) is 55.6 Å². The van der Waals surface area contributed by atoms with E-state index in [1.54, 1.807) is 7.11 Å². The third-order valence-corrected chi connectivity index (χ3v) is 4.00. The van der Waals surface area contributed by atoms with E-state index in [0.29, 0.717) is 17.6 Å². The molecule has 0 unspecified atom stereocenters. The van der Waals surface area contributed by atoms with Gasteiger partial charge in [0.25, 0.3) is 5.91 Å². The first-order chi connectivity index (χ1) is 8.18. The van der Waals surface area contributed by atoms with Crippen molar-refractivity contribution in [3.63, 3.8) is 0 Å². The largest absolute Gasteiger partial charge is 0.368 e. The molecular weight excluding hydrogens is 238 g/mol. The van der Waals surface area contributed by atoms with Crippen LogP contribution in [0.15, 0.2) is 16.6 Å². The van der Waals surface area contributed by atoms with Gasteiger partial charge in [-0.15, -0.1) is 11.3 Å². The number of ether oxygens (including phenoxy) is 1. The summed E-state index contributed by atoms with van der Waals surface area (Å²) < 4.78 is 7.28. The van der Waals surface area contributed by atoms with E-state index in [1.807, 2.05) is 23.2 Å². The van der Waals surface area contributed by atoms with E-state index < -0.39 is 5.60 Å². The average Bonchev–Trinajstić information content (AvgIpc) is 2.76. The van der Waals surface area contributed by atoms with Crippen LogP contribution in [0.3, 0.4) is 0 Å². The van der Waals surface area contributed by atoms with Gasteiger partial charge in [0.05, 0.1) is 0 Å². The lowest BCUT2D eigenvalue weighted by molar-refractivity contribution is -0.143. The normalized spacial score (nSPS) is 20.5. The molecule has 1 N–H and O–H groups in total. The molecule has 1 fully saturated rings. The van der Waals surface area contributed by atoms with Crippen molar-refractivity contribution in [2.45, 2.75) is 18.4 Å². The van der Waals surface area contributed by atoms with Crippen LogP contribution < -0.4 is 10.1 Å². The quantitative estimate of drug-likeness (QED) is 0.826. The molecule has 1 aromatic heterocycles. The van der Waals surface area contributed by atoms with Gasteiger partial charge in [-0.25, -0.2) is 0 Å². The summed E-state index contributed by atoms with van der Waals surface area (Å²) in [5.74, 6) is -0.167. The maximum absolute atomic E-state index is 12.2. The summed E-state index contributed by atoms with van der Waals surface area (Å²) in [5.41, 5.74) is -0.734. The smallest absolute Gasteiger partial charge is 0.280 e. The van der Waals surface area contributed by atoms with Crippen molar-refractivity contribution in [2.75, 3.05) is 20.2 Å². The number of rotatable bonds is 2. The molecule has 6 heteroatoms. The van der Waals surface area contributed by atoms with Crippen LogP contribution >= 0.6 is 11.3 Å². The monoisotopic (exact) mass is 255 g/mol. The van der Waals surface area contributed by atoms with Gasteiger partial charge in [0.15, 0.2) is 10.4 Å². The molecule has 1 aliphatic rings. The van der Waals surface area contributed by atoms with Gasteiger partial charge in [-0.3, -0.25) is 4.79 Å². The highest BCUT2D eigenvalue weighted by Gasteiger charge is 2.39. The second kappa shape index (κ2) is 5.12. The van der Waals surface area contributed by atoms with Crippen LogP contribution in [0, 0.1) is 0 Å². The third kappa shape index (κ3) is 2.48. The summed E-state index contributed by atoms with van der Waals surface area (Å²) in [6.45, 7) is 1.59. The lowest BCUT2D eigenvalue weighted by Gasteiger charge is -2.32. The number of nitrogens with zero attached hydrogens (tertiary/aromatic N) is 2. The molecule has 0 radical (unpaired) electrons. The number of amides is 1. The number of nitrogens with one attached hydrogen (secondary N) is 1. The molecule has 17 heavy (non-hydrogen) atoms. The maximum atomic E-state index is 12.2. The molecule has 5 nitrogen and oxygen atoms in total. The van der Waals surface area contributed by atoms with Crippen molar-refractivity contribution in [2.24, 2.45) is 12.0 Å². The third-order valence-electron chi connectivity index (χ3n) is 3.15. The van der Waals surface area contributed by atoms with Gasteiger partial charge >= 0.3 is 0 Å². The number of hydrogen-bond acceptors (Lipinski definition) is 4. The summed E-state index contributed by atoms with van der Waals surface area (Å²) in [6.07, 6.45) is 3.25. The Morgan fingerprint density at radius 1 is 1.59 bits per heavy atom. The molecular formula is C11H17N3O2S. The van der Waals surface area contributed by atoms with Crippen molar-refractivity contribution in [1.29, 1.82) is 0 Å². The fraction of sp³-hybridized carbons (Fsp3) is 0.636. The van der Waals surface area contributed by atoms with Gasteiger partial charge in [0.2, 0.25) is 0 Å². The minimum absolute atomic E-state index is 0.167. The molecule has 0 bridgehead atoms. The Labute approximate surface area is 104 Å². The summed E-state index contributed by atoms with van der Waals surface area (Å²) in [6, 6.07) is 0. The van der Waals surface area contributed by atoms with E-state index in [2.05, 4.69) is 10.3 Å². The number of carbonyl (C=O) groups is 1. The van der Waals surface area contributed by atoms with Crippen LogP contribution in [0.1, 0.15) is 12.8 Å². The van der Waals surface area contributed by atoms with Crippen molar-refractivity contribution >= 4 is 17.2 Å². The van der Waals surface area contributed by atoms with Crippen molar-refractivity contribution in [3.05, 3.63) is 16.4 Å². The van der Waals surface area contributed by atoms with E-state index in [4.69, 9.17) is 4.74 Å². The molecule has 94 valence electrons. The lowest BCUT2D eigenvalue weighted by Crippen LogP contribution is -2.49. The van der Waals surface area contributed by atoms with Crippen LogP contribution in [0.4, 0.5) is 0 Å². The number of carbonyl (C=O) groups excluding carboxylic acids is 1. The molecule has 0 saturated carbocycles. The molecule has 0 aromatic carbocycles. The van der Waals surface area contributed by atoms with Crippen LogP contribution in [0.25, 0.3) is 0 Å². The van der Waals surface area contributed by atoms with Crippen LogP contribution in [-0.4, -0.2) is 36.3 Å². The Kier molecular flexibility index (Phi) is 3.76. The molecule has 1 aliphatic heterocycles. The molecule has 2 heterocycles. The number of piperidine rings is 1. The zero-order valence-corrected chi connectivity index (χ0v) is 10.9. The van der Waals surface area contributed by atoms with Crippen LogP contribution in [0.2, 0.25) is 0 Å². The number of aryl methyl sites for hydroxylation is 1. The molecule has 1 amide bonds. The number of methoxy groups -OCH3 is 1. The predicted molar refractivity (Wildman–Crippen MR) is 65.7 cm³/mol. The molecule has 1 aromatic rings. The molecule has 0 spiro atoms. The zero-order chi connectivity index (χ0) is 12.3. The fourth-order valence-corrected chi connectivity index (χ4v) is 2.69. The van der Waals surface area contributed by atoms with E-state index in [1.165, 1.54) is 11.3 Å². The number of aromatic nitrogens is 1. The Hall–Kier alpha value is -0.980. The van der Waals surface area contributed by atoms with Crippen molar-refractivity contribution in [3.8, 4) is 0 Å². The standard InChI is InChI=1S/C11H17N3O2S/c1-14-7-8-17-10(14)13-9(15)11(16-2)3-5-12-6-4-11/h7-8,12H,3-6H2,1-2H3. The molecule has 2 rings (SSSR count). The van der Waals surface area contributed by atoms with Gasteiger partial charge < -0.3 is 14.6 Å². The minimum atomic E-state index is -0.734. The number of hydrogen-bond donors (Lipinski definition) is 1. The molecule has 1 saturated heterocycles. The lowest BCUT2D eigenvalue weighted by atomic mass is 9.91. The van der Waals surface area contributed by atoms with E-state index in [-0.39, 0.29) is 5.91 Å². The second-order valence-electron chi connectivity index (χ2n) is 4.16. The zero-order valence-electron chi connectivity index (χ0n) is 10.1. The second-order valence-corrected chi connectivity index (χ2v) is 5.03. The summed E-state index contributed by atoms with van der Waals surface area (Å²) in [4.78, 5) is 17.1. The van der Waals surface area contributed by atoms with Gasteiger partial charge in [0.1, 0.15) is 0 Å². The SMILES string of the molecule is COC1(C(=O)N=c2sccn2C)CCNCC1. The highest BCUT2D eigenvalue weighted by Crippen LogP contribution is 2.23. The first-order valence-corrected chi connectivity index (χ1v) is 6.51. The van der Waals surface area contributed by atoms with Gasteiger partial charge in [-0.2, -0.15) is 4.99 Å². The van der Waals surface area contributed by atoms with E-state index in [0.717, 1.165) is 13.1 Å². The van der Waals surface area contributed by atoms with Crippen molar-refractivity contribution in [1.82, 2.24) is 9.88 Å². The predicted octanol–water partition coefficient (Wildman–Crippen LogP) is 0.283.